The van der Waals surface area contributed by atoms with Gasteiger partial charge in [0.25, 0.3) is 5.91 Å². The summed E-state index contributed by atoms with van der Waals surface area (Å²) in [6.07, 6.45) is 3.11. The lowest BCUT2D eigenvalue weighted by Gasteiger charge is -2.17. The number of nitrogens with zero attached hydrogens (tertiary/aromatic N) is 2. The first-order valence-corrected chi connectivity index (χ1v) is 12.2. The summed E-state index contributed by atoms with van der Waals surface area (Å²) in [4.78, 5) is 14.8. The van der Waals surface area contributed by atoms with Gasteiger partial charge in [0.2, 0.25) is 0 Å². The zero-order valence-electron chi connectivity index (χ0n) is 20.7. The molecule has 0 atom stereocenters. The van der Waals surface area contributed by atoms with Crippen molar-refractivity contribution in [3.8, 4) is 23.3 Å². The molecule has 184 valence electrons. The predicted molar refractivity (Wildman–Crippen MR) is 140 cm³/mol. The minimum atomic E-state index is -0.297. The molecule has 0 unspecified atom stereocenters. The van der Waals surface area contributed by atoms with Gasteiger partial charge in [-0.25, -0.2) is 0 Å². The minimum absolute atomic E-state index is 0.0798. The van der Waals surface area contributed by atoms with Crippen LogP contribution in [0.5, 0.6) is 17.2 Å². The number of hydrogen-bond acceptors (Lipinski definition) is 5. The molecule has 0 saturated heterocycles. The molecule has 0 fully saturated rings. The van der Waals surface area contributed by atoms with Crippen LogP contribution in [-0.4, -0.2) is 32.3 Å². The lowest BCUT2D eigenvalue weighted by atomic mass is 10.1. The molecule has 0 radical (unpaired) electrons. The van der Waals surface area contributed by atoms with Gasteiger partial charge in [-0.15, -0.1) is 0 Å². The van der Waals surface area contributed by atoms with Gasteiger partial charge in [0, 0.05) is 18.7 Å². The van der Waals surface area contributed by atoms with Crippen LogP contribution in [0, 0.1) is 18.3 Å². The van der Waals surface area contributed by atoms with Gasteiger partial charge in [-0.05, 0) is 67.3 Å². The minimum Gasteiger partial charge on any atom is -0.493 e. The number of carbonyl (C=O) groups is 1. The first-order chi connectivity index (χ1) is 17.6. The molecule has 1 amide bonds. The predicted octanol–water partition coefficient (Wildman–Crippen LogP) is 5.74. The molecule has 6 heteroatoms. The van der Waals surface area contributed by atoms with Crippen molar-refractivity contribution in [2.24, 2.45) is 0 Å². The maximum Gasteiger partial charge on any atom is 0.268 e. The smallest absolute Gasteiger partial charge is 0.268 e. The van der Waals surface area contributed by atoms with E-state index in [1.807, 2.05) is 74.5 Å². The standard InChI is InChI=1S/C30H30N2O4/c1-3-34-29-20-23(13-14-28(29)36-18-8-17-35-27-12-7-4-9-22(27)2)19-25(21-31)30(33)32-16-15-24-10-5-6-11-26(24)32/h4-7,9-14,19-20H,3,8,15-18H2,1-2H3. The number of fused-ring (bicyclic) bond motifs is 1. The van der Waals surface area contributed by atoms with Crippen LogP contribution < -0.4 is 19.1 Å². The second-order valence-corrected chi connectivity index (χ2v) is 8.46. The third-order valence-electron chi connectivity index (χ3n) is 5.96. The van der Waals surface area contributed by atoms with E-state index in [9.17, 15) is 10.1 Å². The molecule has 0 bridgehead atoms. The molecule has 3 aromatic rings. The largest absolute Gasteiger partial charge is 0.493 e. The Morgan fingerprint density at radius 2 is 1.72 bits per heavy atom. The number of amides is 1. The molecule has 6 nitrogen and oxygen atoms in total. The van der Waals surface area contributed by atoms with Crippen LogP contribution >= 0.6 is 0 Å². The maximum absolute atomic E-state index is 13.1. The van der Waals surface area contributed by atoms with Gasteiger partial charge < -0.3 is 19.1 Å². The summed E-state index contributed by atoms with van der Waals surface area (Å²) in [5, 5.41) is 9.73. The Labute approximate surface area is 212 Å². The van der Waals surface area contributed by atoms with Crippen LogP contribution in [0.25, 0.3) is 6.08 Å². The van der Waals surface area contributed by atoms with Gasteiger partial charge in [-0.1, -0.05) is 42.5 Å². The lowest BCUT2D eigenvalue weighted by molar-refractivity contribution is -0.114. The fourth-order valence-corrected chi connectivity index (χ4v) is 4.15. The number of anilines is 1. The molecule has 1 heterocycles. The van der Waals surface area contributed by atoms with Crippen LogP contribution in [0.15, 0.2) is 72.3 Å². The highest BCUT2D eigenvalue weighted by Gasteiger charge is 2.26. The highest BCUT2D eigenvalue weighted by atomic mass is 16.5. The average Bonchev–Trinajstić information content (AvgIpc) is 3.33. The summed E-state index contributed by atoms with van der Waals surface area (Å²) < 4.78 is 17.6. The number of nitriles is 1. The molecule has 0 aromatic heterocycles. The first-order valence-electron chi connectivity index (χ1n) is 12.2. The molecule has 3 aromatic carbocycles. The van der Waals surface area contributed by atoms with Crippen molar-refractivity contribution in [3.05, 3.63) is 89.0 Å². The molecule has 4 rings (SSSR count). The Bertz CT molecular complexity index is 1290. The van der Waals surface area contributed by atoms with Crippen LogP contribution in [-0.2, 0) is 11.2 Å². The second kappa shape index (κ2) is 11.9. The average molecular weight is 483 g/mol. The van der Waals surface area contributed by atoms with E-state index in [0.29, 0.717) is 49.8 Å². The molecule has 0 spiro atoms. The van der Waals surface area contributed by atoms with Crippen molar-refractivity contribution in [1.82, 2.24) is 0 Å². The highest BCUT2D eigenvalue weighted by Crippen LogP contribution is 2.31. The molecule has 36 heavy (non-hydrogen) atoms. The molecular formula is C30H30N2O4. The van der Waals surface area contributed by atoms with Crippen LogP contribution in [0.3, 0.4) is 0 Å². The van der Waals surface area contributed by atoms with E-state index in [1.165, 1.54) is 0 Å². The monoisotopic (exact) mass is 482 g/mol. The van der Waals surface area contributed by atoms with E-state index in [4.69, 9.17) is 14.2 Å². The van der Waals surface area contributed by atoms with Gasteiger partial charge in [0.15, 0.2) is 11.5 Å². The topological polar surface area (TPSA) is 71.8 Å². The van der Waals surface area contributed by atoms with Crippen molar-refractivity contribution >= 4 is 17.7 Å². The Morgan fingerprint density at radius 3 is 2.50 bits per heavy atom. The van der Waals surface area contributed by atoms with E-state index in [1.54, 1.807) is 17.0 Å². The number of hydrogen-bond donors (Lipinski definition) is 0. The van der Waals surface area contributed by atoms with Crippen molar-refractivity contribution < 1.29 is 19.0 Å². The Hall–Kier alpha value is -4.24. The zero-order valence-corrected chi connectivity index (χ0v) is 20.7. The molecular weight excluding hydrogens is 452 g/mol. The Balaban J connectivity index is 1.41. The van der Waals surface area contributed by atoms with Gasteiger partial charge in [-0.3, -0.25) is 4.79 Å². The van der Waals surface area contributed by atoms with Crippen LogP contribution in [0.2, 0.25) is 0 Å². The molecule has 1 aliphatic heterocycles. The van der Waals surface area contributed by atoms with E-state index < -0.39 is 0 Å². The van der Waals surface area contributed by atoms with E-state index >= 15 is 0 Å². The normalized spacial score (nSPS) is 12.6. The van der Waals surface area contributed by atoms with Crippen LogP contribution in [0.1, 0.15) is 30.0 Å². The lowest BCUT2D eigenvalue weighted by Crippen LogP contribution is -2.29. The van der Waals surface area contributed by atoms with Crippen molar-refractivity contribution in [1.29, 1.82) is 5.26 Å². The van der Waals surface area contributed by atoms with E-state index in [-0.39, 0.29) is 11.5 Å². The summed E-state index contributed by atoms with van der Waals surface area (Å²) >= 11 is 0. The molecule has 1 aliphatic rings. The number of ether oxygens (including phenoxy) is 3. The van der Waals surface area contributed by atoms with Gasteiger partial charge in [0.05, 0.1) is 19.8 Å². The summed E-state index contributed by atoms with van der Waals surface area (Å²) in [6, 6.07) is 23.2. The van der Waals surface area contributed by atoms with Crippen LogP contribution in [0.4, 0.5) is 5.69 Å². The number of rotatable bonds is 10. The number of carbonyl (C=O) groups excluding carboxylic acids is 1. The second-order valence-electron chi connectivity index (χ2n) is 8.46. The Kier molecular flexibility index (Phi) is 8.25. The quantitative estimate of drug-likeness (QED) is 0.209. The Morgan fingerprint density at radius 1 is 0.972 bits per heavy atom. The van der Waals surface area contributed by atoms with E-state index in [2.05, 4.69) is 6.07 Å². The third kappa shape index (κ3) is 5.87. The maximum atomic E-state index is 13.1. The molecule has 0 N–H and O–H groups in total. The summed E-state index contributed by atoms with van der Waals surface area (Å²) in [7, 11) is 0. The highest BCUT2D eigenvalue weighted by molar-refractivity contribution is 6.12. The zero-order chi connectivity index (χ0) is 25.3. The van der Waals surface area contributed by atoms with Crippen molar-refractivity contribution in [2.45, 2.75) is 26.7 Å². The van der Waals surface area contributed by atoms with Gasteiger partial charge in [-0.2, -0.15) is 5.26 Å². The molecule has 0 aliphatic carbocycles. The van der Waals surface area contributed by atoms with Crippen molar-refractivity contribution in [3.63, 3.8) is 0 Å². The fourth-order valence-electron chi connectivity index (χ4n) is 4.15. The SMILES string of the molecule is CCOc1cc(C=C(C#N)C(=O)N2CCc3ccccc32)ccc1OCCCOc1ccccc1C. The number of benzene rings is 3. The summed E-state index contributed by atoms with van der Waals surface area (Å²) in [5.74, 6) is 1.77. The van der Waals surface area contributed by atoms with E-state index in [0.717, 1.165) is 29.0 Å². The number of para-hydroxylation sites is 2. The van der Waals surface area contributed by atoms with Gasteiger partial charge in [0.1, 0.15) is 17.4 Å². The van der Waals surface area contributed by atoms with Crippen molar-refractivity contribution in [2.75, 3.05) is 31.3 Å². The first kappa shape index (κ1) is 24.9. The fraction of sp³-hybridized carbons (Fsp3) is 0.267. The van der Waals surface area contributed by atoms with Gasteiger partial charge >= 0.3 is 0 Å². The third-order valence-corrected chi connectivity index (χ3v) is 5.96. The summed E-state index contributed by atoms with van der Waals surface area (Å²) in [5.41, 5.74) is 3.87. The number of aryl methyl sites for hydroxylation is 1. The summed E-state index contributed by atoms with van der Waals surface area (Å²) in [6.45, 7) is 5.97. The molecule has 0 saturated carbocycles.